The van der Waals surface area contributed by atoms with Gasteiger partial charge in [0.1, 0.15) is 18.0 Å². The Morgan fingerprint density at radius 2 is 1.95 bits per heavy atom. The maximum Gasteiger partial charge on any atom is 0.219 e. The van der Waals surface area contributed by atoms with E-state index in [9.17, 15) is 10.4 Å². The molecular formula is C34H43N7O3. The standard InChI is InChI=1S/C34H43N7O3/c1-21(26-10-6-16-40(26)3)43-28-18-27(41-17-7-13-33(2,42)20-41)37-32(38-28)30-23-9-5-15-34(31(23)44-39-30)14-4-8-22-11-12-25(36)24(19-35)29(22)34/h11-12,18,21,26,42H,4-10,13-17,20,36H2,1-3H3/t21-,26-,33+,34+/m0/s1. The number of anilines is 2. The van der Waals surface area contributed by atoms with E-state index in [1.807, 2.05) is 19.1 Å². The molecule has 0 radical (unpaired) electrons. The van der Waals surface area contributed by atoms with E-state index in [-0.39, 0.29) is 6.10 Å². The van der Waals surface area contributed by atoms with Crippen molar-refractivity contribution in [2.45, 2.75) is 101 Å². The minimum atomic E-state index is -0.793. The van der Waals surface area contributed by atoms with Gasteiger partial charge in [-0.1, -0.05) is 11.2 Å². The van der Waals surface area contributed by atoms with Gasteiger partial charge < -0.3 is 25.0 Å². The molecule has 2 fully saturated rings. The number of hydrogen-bond donors (Lipinski definition) is 2. The van der Waals surface area contributed by atoms with Gasteiger partial charge in [-0.3, -0.25) is 4.90 Å². The molecule has 1 spiro atoms. The zero-order valence-electron chi connectivity index (χ0n) is 26.1. The van der Waals surface area contributed by atoms with Crippen molar-refractivity contribution < 1.29 is 14.4 Å². The van der Waals surface area contributed by atoms with E-state index in [2.05, 4.69) is 41.1 Å². The lowest BCUT2D eigenvalue weighted by molar-refractivity contribution is 0.0446. The lowest BCUT2D eigenvalue weighted by Crippen LogP contribution is -2.46. The van der Waals surface area contributed by atoms with Crippen LogP contribution in [0.5, 0.6) is 5.88 Å². The minimum Gasteiger partial charge on any atom is -0.473 e. The third-order valence-electron chi connectivity index (χ3n) is 10.5. The van der Waals surface area contributed by atoms with Gasteiger partial charge in [0.05, 0.1) is 16.6 Å². The summed E-state index contributed by atoms with van der Waals surface area (Å²) in [5.41, 5.74) is 10.0. The number of likely N-dealkylation sites (N-methyl/N-ethyl adjacent to an activating group) is 1. The van der Waals surface area contributed by atoms with Gasteiger partial charge >= 0.3 is 0 Å². The number of rotatable bonds is 5. The Morgan fingerprint density at radius 3 is 2.70 bits per heavy atom. The number of nitrogens with two attached hydrogens (primary N) is 1. The maximum atomic E-state index is 10.9. The number of ether oxygens (including phenoxy) is 1. The molecule has 0 saturated carbocycles. The highest BCUT2D eigenvalue weighted by Crippen LogP contribution is 2.53. The lowest BCUT2D eigenvalue weighted by Gasteiger charge is -2.41. The van der Waals surface area contributed by atoms with E-state index < -0.39 is 11.0 Å². The van der Waals surface area contributed by atoms with Crippen molar-refractivity contribution in [3.63, 3.8) is 0 Å². The van der Waals surface area contributed by atoms with Crippen LogP contribution in [0, 0.1) is 11.3 Å². The molecule has 1 aromatic carbocycles. The lowest BCUT2D eigenvalue weighted by atomic mass is 9.61. The first-order valence-electron chi connectivity index (χ1n) is 16.2. The van der Waals surface area contributed by atoms with Gasteiger partial charge in [0.15, 0.2) is 17.3 Å². The number of aromatic nitrogens is 3. The zero-order chi connectivity index (χ0) is 30.6. The number of nitriles is 1. The predicted octanol–water partition coefficient (Wildman–Crippen LogP) is 4.76. The van der Waals surface area contributed by atoms with Crippen molar-refractivity contribution in [2.75, 3.05) is 37.3 Å². The highest BCUT2D eigenvalue weighted by Gasteiger charge is 2.48. The van der Waals surface area contributed by atoms with Gasteiger partial charge in [-0.2, -0.15) is 10.2 Å². The van der Waals surface area contributed by atoms with E-state index in [1.165, 1.54) is 5.56 Å². The van der Waals surface area contributed by atoms with Crippen LogP contribution in [0.3, 0.4) is 0 Å². The third kappa shape index (κ3) is 4.90. The second-order valence-electron chi connectivity index (χ2n) is 13.7. The molecule has 10 nitrogen and oxygen atoms in total. The first-order chi connectivity index (χ1) is 21.2. The molecule has 3 aromatic rings. The molecule has 10 heteroatoms. The van der Waals surface area contributed by atoms with Gasteiger partial charge in [-0.05, 0) is 109 Å². The van der Waals surface area contributed by atoms with Crippen molar-refractivity contribution in [3.05, 3.63) is 46.2 Å². The number of β-amino-alcohol motifs (C(OH)–C–C–N with tert-alkyl or cyclic N) is 1. The third-order valence-corrected chi connectivity index (χ3v) is 10.5. The first-order valence-corrected chi connectivity index (χ1v) is 16.2. The van der Waals surface area contributed by atoms with Crippen molar-refractivity contribution >= 4 is 11.5 Å². The maximum absolute atomic E-state index is 10.9. The SMILES string of the molecule is C[C@H](Oc1cc(N2CCC[C@@](C)(O)C2)nc(-c2noc3c2CCC[C@@]32CCCc3ccc(N)c(C#N)c32)n1)[C@@H]1CCCN1C. The number of benzene rings is 1. The molecule has 2 saturated heterocycles. The average molecular weight is 598 g/mol. The summed E-state index contributed by atoms with van der Waals surface area (Å²) >= 11 is 0. The number of fused-ring (bicyclic) bond motifs is 4. The number of likely N-dealkylation sites (tertiary alicyclic amines) is 1. The second kappa shape index (κ2) is 11.0. The number of aliphatic hydroxyl groups is 1. The number of piperidine rings is 1. The molecule has 44 heavy (non-hydrogen) atoms. The van der Waals surface area contributed by atoms with Gasteiger partial charge in [0, 0.05) is 36.4 Å². The summed E-state index contributed by atoms with van der Waals surface area (Å²) < 4.78 is 12.8. The van der Waals surface area contributed by atoms with Crippen LogP contribution in [0.2, 0.25) is 0 Å². The van der Waals surface area contributed by atoms with Crippen LogP contribution in [0.25, 0.3) is 11.5 Å². The molecule has 2 aromatic heterocycles. The summed E-state index contributed by atoms with van der Waals surface area (Å²) in [7, 11) is 2.15. The minimum absolute atomic E-state index is 0.0503. The summed E-state index contributed by atoms with van der Waals surface area (Å²) in [5, 5.41) is 25.7. The van der Waals surface area contributed by atoms with E-state index in [0.717, 1.165) is 100 Å². The smallest absolute Gasteiger partial charge is 0.219 e. The van der Waals surface area contributed by atoms with Crippen LogP contribution in [0.4, 0.5) is 11.5 Å². The predicted molar refractivity (Wildman–Crippen MR) is 168 cm³/mol. The van der Waals surface area contributed by atoms with Crippen molar-refractivity contribution in [2.24, 2.45) is 0 Å². The van der Waals surface area contributed by atoms with E-state index >= 15 is 0 Å². The Labute approximate surface area is 259 Å². The zero-order valence-corrected chi connectivity index (χ0v) is 26.1. The summed E-state index contributed by atoms with van der Waals surface area (Å²) in [6.07, 6.45) is 9.24. The van der Waals surface area contributed by atoms with Crippen molar-refractivity contribution in [3.8, 4) is 23.5 Å². The van der Waals surface area contributed by atoms with Crippen LogP contribution in [0.1, 0.15) is 93.2 Å². The topological polar surface area (TPSA) is 138 Å². The fourth-order valence-corrected chi connectivity index (χ4v) is 8.45. The molecule has 232 valence electrons. The fraction of sp³-hybridized carbons (Fsp3) is 0.588. The molecule has 7 rings (SSSR count). The average Bonchev–Trinajstić information content (AvgIpc) is 3.64. The summed E-state index contributed by atoms with van der Waals surface area (Å²) in [4.78, 5) is 14.5. The Kier molecular flexibility index (Phi) is 7.29. The van der Waals surface area contributed by atoms with Gasteiger partial charge in [0.2, 0.25) is 5.88 Å². The molecule has 4 aliphatic rings. The van der Waals surface area contributed by atoms with Crippen LogP contribution in [-0.4, -0.2) is 69.6 Å². The quantitative estimate of drug-likeness (QED) is 0.396. The van der Waals surface area contributed by atoms with E-state index in [1.54, 1.807) is 0 Å². The second-order valence-corrected chi connectivity index (χ2v) is 13.7. The summed E-state index contributed by atoms with van der Waals surface area (Å²) in [6.45, 7) is 6.34. The Balaban J connectivity index is 1.32. The highest BCUT2D eigenvalue weighted by molar-refractivity contribution is 5.67. The molecule has 2 aliphatic carbocycles. The molecule has 4 heterocycles. The molecule has 0 bridgehead atoms. The molecule has 4 atom stereocenters. The normalized spacial score (nSPS) is 27.5. The first kappa shape index (κ1) is 29.1. The summed E-state index contributed by atoms with van der Waals surface area (Å²) in [6, 6.07) is 8.57. The Morgan fingerprint density at radius 1 is 1.14 bits per heavy atom. The molecule has 0 unspecified atom stereocenters. The number of nitrogens with zero attached hydrogens (tertiary/aromatic N) is 6. The fourth-order valence-electron chi connectivity index (χ4n) is 8.45. The molecule has 0 amide bonds. The van der Waals surface area contributed by atoms with E-state index in [0.29, 0.717) is 41.2 Å². The largest absolute Gasteiger partial charge is 0.473 e. The van der Waals surface area contributed by atoms with Gasteiger partial charge in [-0.15, -0.1) is 0 Å². The van der Waals surface area contributed by atoms with E-state index in [4.69, 9.17) is 25.0 Å². The Hall–Kier alpha value is -3.68. The molecular weight excluding hydrogens is 554 g/mol. The number of hydrogen-bond acceptors (Lipinski definition) is 10. The van der Waals surface area contributed by atoms with Crippen molar-refractivity contribution in [1.29, 1.82) is 5.26 Å². The van der Waals surface area contributed by atoms with Crippen LogP contribution in [-0.2, 0) is 18.3 Å². The highest BCUT2D eigenvalue weighted by atomic mass is 16.5. The summed E-state index contributed by atoms with van der Waals surface area (Å²) in [5.74, 6) is 2.52. The number of nitrogen functional groups attached to an aromatic ring is 1. The van der Waals surface area contributed by atoms with Crippen molar-refractivity contribution in [1.82, 2.24) is 20.0 Å². The Bertz CT molecular complexity index is 1610. The molecule has 3 N–H and O–H groups in total. The van der Waals surface area contributed by atoms with Crippen LogP contribution in [0.15, 0.2) is 22.7 Å². The monoisotopic (exact) mass is 597 g/mol. The molecule has 2 aliphatic heterocycles. The van der Waals surface area contributed by atoms with Gasteiger partial charge in [0.25, 0.3) is 0 Å². The van der Waals surface area contributed by atoms with Crippen LogP contribution < -0.4 is 15.4 Å². The number of aryl methyl sites for hydroxylation is 1. The van der Waals surface area contributed by atoms with Gasteiger partial charge in [-0.25, -0.2) is 4.98 Å². The van der Waals surface area contributed by atoms with Crippen LogP contribution >= 0.6 is 0 Å².